The van der Waals surface area contributed by atoms with Crippen molar-refractivity contribution in [2.75, 3.05) is 5.32 Å². The van der Waals surface area contributed by atoms with Gasteiger partial charge in [0.1, 0.15) is 11.6 Å². The van der Waals surface area contributed by atoms with E-state index in [4.69, 9.17) is 0 Å². The second kappa shape index (κ2) is 6.78. The van der Waals surface area contributed by atoms with E-state index in [1.807, 2.05) is 19.1 Å². The van der Waals surface area contributed by atoms with E-state index in [1.54, 1.807) is 19.1 Å². The molecule has 7 heteroatoms. The van der Waals surface area contributed by atoms with E-state index in [0.29, 0.717) is 12.1 Å². The maximum absolute atomic E-state index is 13.0. The average molecular weight is 408 g/mol. The molecule has 0 aromatic heterocycles. The summed E-state index contributed by atoms with van der Waals surface area (Å²) in [5.41, 5.74) is -0.227. The highest BCUT2D eigenvalue weighted by atomic mass is 79.9. The van der Waals surface area contributed by atoms with E-state index in [1.165, 1.54) is 0 Å². The maximum Gasteiger partial charge on any atom is 0.325 e. The molecule has 3 atom stereocenters. The zero-order chi connectivity index (χ0) is 18.2. The van der Waals surface area contributed by atoms with Crippen LogP contribution in [0.5, 0.6) is 0 Å². The normalized spacial score (nSPS) is 27.3. The molecule has 6 nitrogen and oxygen atoms in total. The molecule has 1 aromatic rings. The first-order valence-electron chi connectivity index (χ1n) is 8.57. The monoisotopic (exact) mass is 407 g/mol. The molecule has 0 bridgehead atoms. The molecule has 134 valence electrons. The van der Waals surface area contributed by atoms with E-state index < -0.39 is 17.6 Å². The van der Waals surface area contributed by atoms with Crippen molar-refractivity contribution in [3.05, 3.63) is 28.7 Å². The smallest absolute Gasteiger partial charge is 0.324 e. The minimum atomic E-state index is -0.871. The van der Waals surface area contributed by atoms with Gasteiger partial charge in [-0.1, -0.05) is 35.7 Å². The molecule has 1 saturated heterocycles. The Balaban J connectivity index is 1.76. The van der Waals surface area contributed by atoms with Gasteiger partial charge in [-0.2, -0.15) is 0 Å². The molecule has 1 aliphatic carbocycles. The lowest BCUT2D eigenvalue weighted by Gasteiger charge is -2.37. The summed E-state index contributed by atoms with van der Waals surface area (Å²) in [5, 5.41) is 5.63. The fourth-order valence-electron chi connectivity index (χ4n) is 3.71. The second-order valence-electron chi connectivity index (χ2n) is 6.90. The standard InChI is InChI=1S/C18H22BrN3O3/c1-11-5-3-4-10-18(11)16(24)22(17(25)21-18)12(2)15(23)20-14-8-6-13(19)7-9-14/h6-9,11-12H,3-5,10H2,1-2H3,(H,20,23)(H,21,25)/t11-,12+,18-/m1/s1. The highest BCUT2D eigenvalue weighted by molar-refractivity contribution is 9.10. The van der Waals surface area contributed by atoms with Gasteiger partial charge in [-0.15, -0.1) is 0 Å². The molecule has 1 aromatic carbocycles. The third-order valence-corrected chi connectivity index (χ3v) is 5.86. The molecule has 1 aliphatic heterocycles. The van der Waals surface area contributed by atoms with Gasteiger partial charge in [-0.3, -0.25) is 9.59 Å². The second-order valence-corrected chi connectivity index (χ2v) is 7.81. The van der Waals surface area contributed by atoms with Crippen LogP contribution >= 0.6 is 15.9 Å². The molecule has 2 aliphatic rings. The van der Waals surface area contributed by atoms with Crippen LogP contribution in [-0.2, 0) is 9.59 Å². The largest absolute Gasteiger partial charge is 0.325 e. The van der Waals surface area contributed by atoms with Crippen LogP contribution in [0.1, 0.15) is 39.5 Å². The lowest BCUT2D eigenvalue weighted by Crippen LogP contribution is -2.54. The summed E-state index contributed by atoms with van der Waals surface area (Å²) in [6, 6.07) is 5.79. The number of halogens is 1. The van der Waals surface area contributed by atoms with Crippen molar-refractivity contribution >= 4 is 39.5 Å². The Morgan fingerprint density at radius 3 is 2.64 bits per heavy atom. The zero-order valence-corrected chi connectivity index (χ0v) is 15.9. The van der Waals surface area contributed by atoms with E-state index in [2.05, 4.69) is 26.6 Å². The van der Waals surface area contributed by atoms with Crippen molar-refractivity contribution in [3.63, 3.8) is 0 Å². The minimum Gasteiger partial charge on any atom is -0.324 e. The van der Waals surface area contributed by atoms with Crippen LogP contribution in [0, 0.1) is 5.92 Å². The number of amides is 4. The van der Waals surface area contributed by atoms with E-state index in [0.717, 1.165) is 28.6 Å². The van der Waals surface area contributed by atoms with Crippen LogP contribution in [0.4, 0.5) is 10.5 Å². The van der Waals surface area contributed by atoms with Gasteiger partial charge in [0.25, 0.3) is 5.91 Å². The highest BCUT2D eigenvalue weighted by Crippen LogP contribution is 2.38. The number of carbonyl (C=O) groups is 3. The van der Waals surface area contributed by atoms with Gasteiger partial charge < -0.3 is 10.6 Å². The van der Waals surface area contributed by atoms with Gasteiger partial charge in [-0.25, -0.2) is 9.69 Å². The maximum atomic E-state index is 13.0. The third kappa shape index (κ3) is 3.17. The van der Waals surface area contributed by atoms with Crippen molar-refractivity contribution < 1.29 is 14.4 Å². The van der Waals surface area contributed by atoms with Crippen LogP contribution in [-0.4, -0.2) is 34.3 Å². The Morgan fingerprint density at radius 2 is 2.00 bits per heavy atom. The molecule has 0 radical (unpaired) electrons. The third-order valence-electron chi connectivity index (χ3n) is 5.33. The van der Waals surface area contributed by atoms with Gasteiger partial charge >= 0.3 is 6.03 Å². The van der Waals surface area contributed by atoms with Crippen LogP contribution in [0.25, 0.3) is 0 Å². The van der Waals surface area contributed by atoms with Crippen molar-refractivity contribution in [1.29, 1.82) is 0 Å². The molecular formula is C18H22BrN3O3. The SMILES string of the molecule is C[C@@H]1CCCC[C@@]12NC(=O)N([C@@H](C)C(=O)Nc1ccc(Br)cc1)C2=O. The number of nitrogens with one attached hydrogen (secondary N) is 2. The Morgan fingerprint density at radius 1 is 1.32 bits per heavy atom. The highest BCUT2D eigenvalue weighted by Gasteiger charge is 2.56. The Bertz CT molecular complexity index is 706. The first-order valence-corrected chi connectivity index (χ1v) is 9.36. The number of rotatable bonds is 3. The number of benzene rings is 1. The molecule has 2 fully saturated rings. The number of nitrogens with zero attached hydrogens (tertiary/aromatic N) is 1. The van der Waals surface area contributed by atoms with Crippen LogP contribution in [0.2, 0.25) is 0 Å². The Labute approximate surface area is 155 Å². The van der Waals surface area contributed by atoms with Gasteiger partial charge in [0, 0.05) is 10.2 Å². The summed E-state index contributed by atoms with van der Waals surface area (Å²) in [7, 11) is 0. The first kappa shape index (κ1) is 17.9. The molecule has 2 N–H and O–H groups in total. The number of hydrogen-bond acceptors (Lipinski definition) is 3. The predicted molar refractivity (Wildman–Crippen MR) is 98.0 cm³/mol. The molecule has 1 spiro atoms. The van der Waals surface area contributed by atoms with Gasteiger partial charge in [0.05, 0.1) is 0 Å². The lowest BCUT2D eigenvalue weighted by atomic mass is 9.73. The van der Waals surface area contributed by atoms with E-state index in [-0.39, 0.29) is 17.7 Å². The quantitative estimate of drug-likeness (QED) is 0.754. The number of urea groups is 1. The van der Waals surface area contributed by atoms with E-state index in [9.17, 15) is 14.4 Å². The topological polar surface area (TPSA) is 78.5 Å². The Kier molecular flexibility index (Phi) is 4.86. The van der Waals surface area contributed by atoms with Crippen molar-refractivity contribution in [3.8, 4) is 0 Å². The zero-order valence-electron chi connectivity index (χ0n) is 14.3. The summed E-state index contributed by atoms with van der Waals surface area (Å²) >= 11 is 3.34. The fraction of sp³-hybridized carbons (Fsp3) is 0.500. The van der Waals surface area contributed by atoms with Gasteiger partial charge in [0.2, 0.25) is 5.91 Å². The molecular weight excluding hydrogens is 386 g/mol. The lowest BCUT2D eigenvalue weighted by molar-refractivity contribution is -0.138. The summed E-state index contributed by atoms with van der Waals surface area (Å²) < 4.78 is 0.904. The molecule has 4 amide bonds. The molecule has 0 unspecified atom stereocenters. The molecule has 1 heterocycles. The van der Waals surface area contributed by atoms with Crippen LogP contribution < -0.4 is 10.6 Å². The average Bonchev–Trinajstić information content (AvgIpc) is 2.83. The first-order chi connectivity index (χ1) is 11.8. The molecule has 3 rings (SSSR count). The molecule has 1 saturated carbocycles. The number of imide groups is 1. The van der Waals surface area contributed by atoms with Crippen molar-refractivity contribution in [1.82, 2.24) is 10.2 Å². The van der Waals surface area contributed by atoms with Crippen molar-refractivity contribution in [2.24, 2.45) is 5.92 Å². The summed E-state index contributed by atoms with van der Waals surface area (Å²) in [6.07, 6.45) is 3.50. The van der Waals surface area contributed by atoms with Crippen LogP contribution in [0.3, 0.4) is 0 Å². The summed E-state index contributed by atoms with van der Waals surface area (Å²) in [6.45, 7) is 3.57. The number of anilines is 1. The fourth-order valence-corrected chi connectivity index (χ4v) is 3.98. The van der Waals surface area contributed by atoms with Crippen LogP contribution in [0.15, 0.2) is 28.7 Å². The summed E-state index contributed by atoms with van der Waals surface area (Å²) in [4.78, 5) is 39.1. The predicted octanol–water partition coefficient (Wildman–Crippen LogP) is 3.28. The molecule has 25 heavy (non-hydrogen) atoms. The number of hydrogen-bond donors (Lipinski definition) is 2. The van der Waals surface area contributed by atoms with Gasteiger partial charge in [-0.05, 0) is 49.9 Å². The minimum absolute atomic E-state index is 0.0736. The number of carbonyl (C=O) groups excluding carboxylic acids is 3. The summed E-state index contributed by atoms with van der Waals surface area (Å²) in [5.74, 6) is -0.584. The van der Waals surface area contributed by atoms with Crippen molar-refractivity contribution in [2.45, 2.75) is 51.1 Å². The Hall–Kier alpha value is -1.89. The van der Waals surface area contributed by atoms with E-state index >= 15 is 0 Å². The van der Waals surface area contributed by atoms with Gasteiger partial charge in [0.15, 0.2) is 0 Å².